The first kappa shape index (κ1) is 64.6. The van der Waals surface area contributed by atoms with Crippen molar-refractivity contribution in [1.82, 2.24) is 5.32 Å². The Balaban J connectivity index is 3.47. The molecule has 1 amide bonds. The summed E-state index contributed by atoms with van der Waals surface area (Å²) >= 11 is 0. The van der Waals surface area contributed by atoms with E-state index >= 15 is 0 Å². The number of unbranched alkanes of at least 4 members (excludes halogenated alkanes) is 45. The average Bonchev–Trinajstić information content (AvgIpc) is 3.32. The number of allylic oxidation sites excluding steroid dienone is 1. The lowest BCUT2D eigenvalue weighted by Gasteiger charge is -2.20. The first-order valence-corrected chi connectivity index (χ1v) is 30.0. The van der Waals surface area contributed by atoms with Gasteiger partial charge >= 0.3 is 5.97 Å². The molecule has 0 aromatic heterocycles. The molecule has 2 unspecified atom stereocenters. The van der Waals surface area contributed by atoms with Gasteiger partial charge in [0.15, 0.2) is 0 Å². The molecule has 0 saturated heterocycles. The molecule has 0 radical (unpaired) electrons. The van der Waals surface area contributed by atoms with Crippen LogP contribution in [-0.2, 0) is 14.3 Å². The Morgan fingerprint density at radius 3 is 1.03 bits per heavy atom. The van der Waals surface area contributed by atoms with Crippen molar-refractivity contribution >= 4 is 11.9 Å². The van der Waals surface area contributed by atoms with Gasteiger partial charge in [0.1, 0.15) is 0 Å². The lowest BCUT2D eigenvalue weighted by atomic mass is 10.0. The summed E-state index contributed by atoms with van der Waals surface area (Å²) in [5.41, 5.74) is 0. The first-order valence-electron chi connectivity index (χ1n) is 30.0. The van der Waals surface area contributed by atoms with Gasteiger partial charge in [-0.25, -0.2) is 0 Å². The highest BCUT2D eigenvalue weighted by Gasteiger charge is 2.18. The second-order valence-electron chi connectivity index (χ2n) is 20.7. The van der Waals surface area contributed by atoms with Crippen LogP contribution in [0, 0.1) is 0 Å². The second kappa shape index (κ2) is 56.2. The Morgan fingerprint density at radius 2 is 0.697 bits per heavy atom. The van der Waals surface area contributed by atoms with Crippen LogP contribution in [0.4, 0.5) is 0 Å². The minimum Gasteiger partial charge on any atom is -0.466 e. The number of amides is 1. The third-order valence-corrected chi connectivity index (χ3v) is 14.1. The molecule has 0 aromatic carbocycles. The molecule has 0 heterocycles. The third kappa shape index (κ3) is 52.0. The van der Waals surface area contributed by atoms with E-state index in [9.17, 15) is 19.8 Å². The maximum Gasteiger partial charge on any atom is 0.305 e. The fourth-order valence-corrected chi connectivity index (χ4v) is 9.46. The number of hydrogen-bond donors (Lipinski definition) is 3. The number of carbonyl (C=O) groups is 2. The molecule has 0 aromatic rings. The van der Waals surface area contributed by atoms with Crippen molar-refractivity contribution in [2.45, 2.75) is 347 Å². The number of hydrogen-bond acceptors (Lipinski definition) is 5. The topological polar surface area (TPSA) is 95.9 Å². The molecule has 0 saturated carbocycles. The smallest absolute Gasteiger partial charge is 0.305 e. The van der Waals surface area contributed by atoms with Gasteiger partial charge in [-0.3, -0.25) is 9.59 Å². The van der Waals surface area contributed by atoms with Crippen molar-refractivity contribution in [3.05, 3.63) is 12.2 Å². The van der Waals surface area contributed by atoms with E-state index in [4.69, 9.17) is 4.74 Å². The molecule has 0 bridgehead atoms. The lowest BCUT2D eigenvalue weighted by Crippen LogP contribution is -2.45. The third-order valence-electron chi connectivity index (χ3n) is 14.1. The molecule has 6 nitrogen and oxygen atoms in total. The summed E-state index contributed by atoms with van der Waals surface area (Å²) < 4.78 is 5.45. The zero-order chi connectivity index (χ0) is 47.9. The minimum atomic E-state index is -0.853. The largest absolute Gasteiger partial charge is 0.466 e. The molecule has 6 heteroatoms. The summed E-state index contributed by atoms with van der Waals surface area (Å²) in [6, 6.07) is -0.637. The van der Waals surface area contributed by atoms with E-state index in [1.807, 2.05) is 6.08 Å². The van der Waals surface area contributed by atoms with Gasteiger partial charge in [0.2, 0.25) is 5.91 Å². The number of aliphatic hydroxyl groups excluding tert-OH is 2. The zero-order valence-electron chi connectivity index (χ0n) is 44.7. The molecule has 0 aliphatic heterocycles. The molecule has 2 atom stereocenters. The van der Waals surface area contributed by atoms with Gasteiger partial charge in [0.25, 0.3) is 0 Å². The molecule has 3 N–H and O–H groups in total. The summed E-state index contributed by atoms with van der Waals surface area (Å²) in [7, 11) is 0. The van der Waals surface area contributed by atoms with Gasteiger partial charge in [-0.15, -0.1) is 0 Å². The fraction of sp³-hybridized carbons (Fsp3) is 0.933. The van der Waals surface area contributed by atoms with Crippen molar-refractivity contribution in [2.24, 2.45) is 0 Å². The molecule has 0 rings (SSSR count). The van der Waals surface area contributed by atoms with Gasteiger partial charge in [-0.2, -0.15) is 0 Å². The fourth-order valence-electron chi connectivity index (χ4n) is 9.46. The van der Waals surface area contributed by atoms with E-state index in [-0.39, 0.29) is 18.5 Å². The van der Waals surface area contributed by atoms with Crippen LogP contribution >= 0.6 is 0 Å². The number of esters is 1. The van der Waals surface area contributed by atoms with Crippen molar-refractivity contribution in [2.75, 3.05) is 13.2 Å². The number of rotatable bonds is 56. The van der Waals surface area contributed by atoms with Crippen LogP contribution < -0.4 is 5.32 Å². The summed E-state index contributed by atoms with van der Waals surface area (Å²) in [5.74, 6) is -0.0829. The maximum absolute atomic E-state index is 12.5. The van der Waals surface area contributed by atoms with E-state index in [1.165, 1.54) is 250 Å². The van der Waals surface area contributed by atoms with Crippen LogP contribution in [0.5, 0.6) is 0 Å². The predicted octanol–water partition coefficient (Wildman–Crippen LogP) is 18.5. The van der Waals surface area contributed by atoms with Crippen molar-refractivity contribution < 1.29 is 24.5 Å². The molecule has 0 aliphatic rings. The first-order chi connectivity index (χ1) is 32.5. The SMILES string of the molecule is CCCCCCCCCCCCCCCCCCCCCCCCC/C=C/C(O)C(CO)NC(=O)CCCCCCCCCCCCCCCOC(=O)CCCCCCCCCCCCC. The van der Waals surface area contributed by atoms with Crippen LogP contribution in [-0.4, -0.2) is 47.4 Å². The maximum atomic E-state index is 12.5. The quantitative estimate of drug-likeness (QED) is 0.0321. The van der Waals surface area contributed by atoms with Gasteiger partial charge in [0.05, 0.1) is 25.4 Å². The van der Waals surface area contributed by atoms with Crippen molar-refractivity contribution in [3.63, 3.8) is 0 Å². The van der Waals surface area contributed by atoms with Gasteiger partial charge < -0.3 is 20.3 Å². The minimum absolute atomic E-state index is 0.00615. The highest BCUT2D eigenvalue weighted by atomic mass is 16.5. The Morgan fingerprint density at radius 1 is 0.409 bits per heavy atom. The molecule has 66 heavy (non-hydrogen) atoms. The lowest BCUT2D eigenvalue weighted by molar-refractivity contribution is -0.143. The molecular weight excluding hydrogens is 815 g/mol. The van der Waals surface area contributed by atoms with Crippen molar-refractivity contribution in [3.8, 4) is 0 Å². The van der Waals surface area contributed by atoms with E-state index in [2.05, 4.69) is 19.2 Å². The highest BCUT2D eigenvalue weighted by Crippen LogP contribution is 2.18. The van der Waals surface area contributed by atoms with Gasteiger partial charge in [-0.05, 0) is 32.1 Å². The zero-order valence-corrected chi connectivity index (χ0v) is 44.7. The number of nitrogens with one attached hydrogen (secondary N) is 1. The Labute approximate surface area is 412 Å². The van der Waals surface area contributed by atoms with Gasteiger partial charge in [-0.1, -0.05) is 302 Å². The normalized spacial score (nSPS) is 12.6. The number of aliphatic hydroxyl groups is 2. The Kier molecular flexibility index (Phi) is 55.0. The van der Waals surface area contributed by atoms with Crippen LogP contribution in [0.25, 0.3) is 0 Å². The summed E-state index contributed by atoms with van der Waals surface area (Å²) in [5, 5.41) is 23.2. The standard InChI is InChI=1S/C60H117NO5/c1-3-5-7-9-11-13-15-16-17-18-19-20-21-22-23-24-25-26-27-29-33-36-40-44-48-52-58(63)57(56-62)61-59(64)53-49-45-41-37-34-30-28-31-35-39-43-47-51-55-66-60(65)54-50-46-42-38-32-14-12-10-8-6-4-2/h48,52,57-58,62-63H,3-47,49-51,53-56H2,1-2H3,(H,61,64)/b52-48+. The van der Waals surface area contributed by atoms with Crippen LogP contribution in [0.15, 0.2) is 12.2 Å². The second-order valence-corrected chi connectivity index (χ2v) is 20.7. The highest BCUT2D eigenvalue weighted by molar-refractivity contribution is 5.76. The number of carbonyl (C=O) groups excluding carboxylic acids is 2. The molecular formula is C60H117NO5. The van der Waals surface area contributed by atoms with E-state index in [0.29, 0.717) is 19.4 Å². The summed E-state index contributed by atoms with van der Waals surface area (Å²) in [6.07, 6.45) is 66.7. The predicted molar refractivity (Wildman–Crippen MR) is 287 cm³/mol. The van der Waals surface area contributed by atoms with Crippen LogP contribution in [0.3, 0.4) is 0 Å². The number of ether oxygens (including phenoxy) is 1. The van der Waals surface area contributed by atoms with Gasteiger partial charge in [0, 0.05) is 12.8 Å². The van der Waals surface area contributed by atoms with Crippen LogP contribution in [0.1, 0.15) is 335 Å². The Bertz CT molecular complexity index is 986. The summed E-state index contributed by atoms with van der Waals surface area (Å²) in [4.78, 5) is 24.5. The molecule has 0 aliphatic carbocycles. The molecule has 0 spiro atoms. The van der Waals surface area contributed by atoms with E-state index < -0.39 is 12.1 Å². The van der Waals surface area contributed by atoms with Crippen molar-refractivity contribution in [1.29, 1.82) is 0 Å². The Hall–Kier alpha value is -1.40. The molecule has 392 valence electrons. The summed E-state index contributed by atoms with van der Waals surface area (Å²) in [6.45, 7) is 4.90. The molecule has 0 fully saturated rings. The van der Waals surface area contributed by atoms with E-state index in [1.54, 1.807) is 6.08 Å². The van der Waals surface area contributed by atoms with E-state index in [0.717, 1.165) is 57.8 Å². The monoisotopic (exact) mass is 932 g/mol. The average molecular weight is 933 g/mol. The van der Waals surface area contributed by atoms with Crippen LogP contribution in [0.2, 0.25) is 0 Å².